The van der Waals surface area contributed by atoms with Gasteiger partial charge in [-0.05, 0) is 104 Å². The fraction of sp³-hybridized carbons (Fsp3) is 0.750. The lowest BCUT2D eigenvalue weighted by Crippen LogP contribution is -2.51. The first-order valence-electron chi connectivity index (χ1n) is 12.8. The molecule has 0 aromatic heterocycles. The van der Waals surface area contributed by atoms with Crippen LogP contribution in [0.3, 0.4) is 0 Å². The number of hydrogen-bond acceptors (Lipinski definition) is 2. The zero-order valence-corrected chi connectivity index (χ0v) is 18.9. The Bertz CT molecular complexity index is 836. The summed E-state index contributed by atoms with van der Waals surface area (Å²) < 4.78 is 0. The van der Waals surface area contributed by atoms with Crippen molar-refractivity contribution >= 4 is 6.21 Å². The van der Waals surface area contributed by atoms with Gasteiger partial charge in [0.25, 0.3) is 0 Å². The second-order valence-corrected chi connectivity index (χ2v) is 12.0. The number of aliphatic imine (C=N–C) groups is 1. The SMILES string of the molecule is C[C@]12CCC3C(CC=C4CC(O)CC[C@@]43C)C1CCC2C1C=NC2CC=CC=C2C1. The van der Waals surface area contributed by atoms with Crippen LogP contribution in [0.25, 0.3) is 0 Å². The van der Waals surface area contributed by atoms with Gasteiger partial charge in [0.05, 0.1) is 12.1 Å². The monoisotopic (exact) mass is 405 g/mol. The minimum atomic E-state index is -0.0936. The Labute approximate surface area is 182 Å². The number of aliphatic hydroxyl groups excluding tert-OH is 1. The van der Waals surface area contributed by atoms with Gasteiger partial charge in [-0.25, -0.2) is 0 Å². The van der Waals surface area contributed by atoms with E-state index in [9.17, 15) is 5.11 Å². The number of fused-ring (bicyclic) bond motifs is 6. The maximum atomic E-state index is 10.2. The first-order valence-corrected chi connectivity index (χ1v) is 12.8. The molecule has 3 fully saturated rings. The van der Waals surface area contributed by atoms with Crippen LogP contribution < -0.4 is 0 Å². The highest BCUT2D eigenvalue weighted by atomic mass is 16.3. The minimum absolute atomic E-state index is 0.0936. The summed E-state index contributed by atoms with van der Waals surface area (Å²) in [5.41, 5.74) is 4.04. The summed E-state index contributed by atoms with van der Waals surface area (Å²) in [7, 11) is 0. The molecule has 0 bridgehead atoms. The quantitative estimate of drug-likeness (QED) is 0.512. The predicted octanol–water partition coefficient (Wildman–Crippen LogP) is 6.27. The van der Waals surface area contributed by atoms with Gasteiger partial charge < -0.3 is 5.11 Å². The third-order valence-corrected chi connectivity index (χ3v) is 10.8. The fourth-order valence-electron chi connectivity index (χ4n) is 9.19. The fourth-order valence-corrected chi connectivity index (χ4v) is 9.19. The lowest BCUT2D eigenvalue weighted by Gasteiger charge is -2.58. The van der Waals surface area contributed by atoms with Gasteiger partial charge in [-0.2, -0.15) is 0 Å². The van der Waals surface area contributed by atoms with Crippen molar-refractivity contribution in [3.8, 4) is 0 Å². The van der Waals surface area contributed by atoms with Crippen LogP contribution in [0.4, 0.5) is 0 Å². The Morgan fingerprint density at radius 3 is 2.73 bits per heavy atom. The summed E-state index contributed by atoms with van der Waals surface area (Å²) in [4.78, 5) is 5.02. The maximum Gasteiger partial charge on any atom is 0.0743 e. The van der Waals surface area contributed by atoms with Gasteiger partial charge in [-0.3, -0.25) is 4.99 Å². The standard InChI is InChI=1S/C28H39NO/c1-27-13-11-21(30)16-20(27)7-8-22-24-10-9-23(28(24,2)14-12-25(22)27)19-15-18-5-3-4-6-26(18)29-17-19/h3-5,7,17,19,21-26,30H,6,8-16H2,1-2H3/t19?,21?,22?,23?,24?,25?,26?,27-,28+/m0/s1. The molecule has 30 heavy (non-hydrogen) atoms. The van der Waals surface area contributed by atoms with Crippen molar-refractivity contribution in [1.82, 2.24) is 0 Å². The molecule has 3 saturated carbocycles. The van der Waals surface area contributed by atoms with E-state index in [1.165, 1.54) is 44.9 Å². The Morgan fingerprint density at radius 1 is 0.967 bits per heavy atom. The second-order valence-electron chi connectivity index (χ2n) is 12.0. The molecule has 0 aromatic rings. The Kier molecular flexibility index (Phi) is 4.51. The largest absolute Gasteiger partial charge is 0.393 e. The summed E-state index contributed by atoms with van der Waals surface area (Å²) in [5.74, 6) is 4.06. The van der Waals surface area contributed by atoms with Crippen LogP contribution >= 0.6 is 0 Å². The Hall–Kier alpha value is -1.15. The molecule has 1 N–H and O–H groups in total. The molecule has 1 heterocycles. The number of nitrogens with zero attached hydrogens (tertiary/aromatic N) is 1. The molecule has 9 atom stereocenters. The van der Waals surface area contributed by atoms with Crippen molar-refractivity contribution in [2.24, 2.45) is 45.4 Å². The van der Waals surface area contributed by atoms with Crippen LogP contribution in [-0.4, -0.2) is 23.5 Å². The summed E-state index contributed by atoms with van der Waals surface area (Å²) in [5, 5.41) is 10.2. The molecule has 0 aromatic carbocycles. The molecule has 162 valence electrons. The third-order valence-electron chi connectivity index (χ3n) is 10.8. The predicted molar refractivity (Wildman–Crippen MR) is 123 cm³/mol. The van der Waals surface area contributed by atoms with Gasteiger partial charge in [0.1, 0.15) is 0 Å². The zero-order chi connectivity index (χ0) is 20.5. The van der Waals surface area contributed by atoms with E-state index < -0.39 is 0 Å². The first-order chi connectivity index (χ1) is 14.5. The molecule has 0 spiro atoms. The van der Waals surface area contributed by atoms with Crippen molar-refractivity contribution < 1.29 is 5.11 Å². The zero-order valence-electron chi connectivity index (χ0n) is 18.9. The van der Waals surface area contributed by atoms with Crippen molar-refractivity contribution in [3.63, 3.8) is 0 Å². The lowest BCUT2D eigenvalue weighted by atomic mass is 9.47. The van der Waals surface area contributed by atoms with Gasteiger partial charge >= 0.3 is 0 Å². The molecule has 0 saturated heterocycles. The molecular formula is C28H39NO. The molecule has 6 aliphatic rings. The number of hydrogen-bond donors (Lipinski definition) is 1. The third kappa shape index (κ3) is 2.74. The summed E-state index contributed by atoms with van der Waals surface area (Å²) in [6, 6.07) is 0.440. The molecule has 6 rings (SSSR count). The molecular weight excluding hydrogens is 366 g/mol. The minimum Gasteiger partial charge on any atom is -0.393 e. The van der Waals surface area contributed by atoms with Crippen molar-refractivity contribution in [1.29, 1.82) is 0 Å². The van der Waals surface area contributed by atoms with Crippen molar-refractivity contribution in [2.75, 3.05) is 0 Å². The Morgan fingerprint density at radius 2 is 1.83 bits per heavy atom. The highest BCUT2D eigenvalue weighted by Crippen LogP contribution is 2.67. The molecule has 0 amide bonds. The van der Waals surface area contributed by atoms with E-state index in [4.69, 9.17) is 4.99 Å². The van der Waals surface area contributed by atoms with Crippen LogP contribution in [0, 0.1) is 40.4 Å². The van der Waals surface area contributed by atoms with Gasteiger partial charge in [0, 0.05) is 12.1 Å². The van der Waals surface area contributed by atoms with Crippen molar-refractivity contribution in [2.45, 2.75) is 90.2 Å². The second kappa shape index (κ2) is 6.92. The number of allylic oxidation sites excluding steroid dienone is 3. The number of aliphatic hydroxyl groups is 1. The van der Waals surface area contributed by atoms with Gasteiger partial charge in [0.15, 0.2) is 0 Å². The highest BCUT2D eigenvalue weighted by Gasteiger charge is 2.59. The summed E-state index contributed by atoms with van der Waals surface area (Å²) in [6.07, 6.45) is 24.1. The molecule has 1 aliphatic heterocycles. The van der Waals surface area contributed by atoms with E-state index in [1.807, 2.05) is 0 Å². The highest BCUT2D eigenvalue weighted by molar-refractivity contribution is 5.65. The smallest absolute Gasteiger partial charge is 0.0743 e. The van der Waals surface area contributed by atoms with Crippen LogP contribution in [0.5, 0.6) is 0 Å². The van der Waals surface area contributed by atoms with Gasteiger partial charge in [-0.1, -0.05) is 43.7 Å². The van der Waals surface area contributed by atoms with E-state index in [0.29, 0.717) is 22.8 Å². The topological polar surface area (TPSA) is 32.6 Å². The van der Waals surface area contributed by atoms with Gasteiger partial charge in [-0.15, -0.1) is 0 Å². The maximum absolute atomic E-state index is 10.2. The van der Waals surface area contributed by atoms with Gasteiger partial charge in [0.2, 0.25) is 0 Å². The van der Waals surface area contributed by atoms with Crippen LogP contribution in [-0.2, 0) is 0 Å². The molecule has 5 aliphatic carbocycles. The van der Waals surface area contributed by atoms with E-state index in [0.717, 1.165) is 42.9 Å². The van der Waals surface area contributed by atoms with E-state index >= 15 is 0 Å². The summed E-state index contributed by atoms with van der Waals surface area (Å²) >= 11 is 0. The van der Waals surface area contributed by atoms with Crippen molar-refractivity contribution in [3.05, 3.63) is 35.5 Å². The average Bonchev–Trinajstić information content (AvgIpc) is 3.11. The first kappa shape index (κ1) is 19.5. The average molecular weight is 406 g/mol. The van der Waals surface area contributed by atoms with Crippen LogP contribution in [0.15, 0.2) is 40.4 Å². The molecule has 2 heteroatoms. The van der Waals surface area contributed by atoms with E-state index in [-0.39, 0.29) is 6.10 Å². The Balaban J connectivity index is 1.26. The molecule has 7 unspecified atom stereocenters. The lowest BCUT2D eigenvalue weighted by molar-refractivity contribution is -0.0538. The number of rotatable bonds is 1. The van der Waals surface area contributed by atoms with E-state index in [1.54, 1.807) is 11.1 Å². The normalized spacial score (nSPS) is 51.9. The van der Waals surface area contributed by atoms with Crippen LogP contribution in [0.1, 0.15) is 78.1 Å². The van der Waals surface area contributed by atoms with E-state index in [2.05, 4.69) is 44.4 Å². The molecule has 0 radical (unpaired) electrons. The molecule has 2 nitrogen and oxygen atoms in total. The van der Waals surface area contributed by atoms with Crippen LogP contribution in [0.2, 0.25) is 0 Å². The summed E-state index contributed by atoms with van der Waals surface area (Å²) in [6.45, 7) is 5.21.